The lowest BCUT2D eigenvalue weighted by Crippen LogP contribution is -2.36. The number of hydrogen-bond donors (Lipinski definition) is 0. The first-order chi connectivity index (χ1) is 8.99. The number of carbonyl (C=O) groups is 2. The van der Waals surface area contributed by atoms with Crippen molar-refractivity contribution in [2.45, 2.75) is 32.2 Å². The maximum atomic E-state index is 13.1. The van der Waals surface area contributed by atoms with Crippen LogP contribution in [0.2, 0.25) is 0 Å². The van der Waals surface area contributed by atoms with E-state index < -0.39 is 11.6 Å². The third kappa shape index (κ3) is 2.97. The standard InChI is InChI=1S/C14H15F2NO2/c1-9(18)7-11-3-2-6-17(11)14(19)10-4-5-12(15)13(16)8-10/h4-5,8,11H,2-3,6-7H2,1H3. The van der Waals surface area contributed by atoms with E-state index in [1.165, 1.54) is 13.0 Å². The van der Waals surface area contributed by atoms with Crippen molar-refractivity contribution in [1.82, 2.24) is 4.90 Å². The van der Waals surface area contributed by atoms with Crippen LogP contribution in [0.15, 0.2) is 18.2 Å². The van der Waals surface area contributed by atoms with Crippen LogP contribution in [-0.2, 0) is 4.79 Å². The molecule has 0 aromatic heterocycles. The fraction of sp³-hybridized carbons (Fsp3) is 0.429. The van der Waals surface area contributed by atoms with Gasteiger partial charge in [-0.25, -0.2) is 8.78 Å². The molecule has 3 nitrogen and oxygen atoms in total. The van der Waals surface area contributed by atoms with Crippen molar-refractivity contribution < 1.29 is 18.4 Å². The number of ketones is 1. The van der Waals surface area contributed by atoms with Crippen LogP contribution >= 0.6 is 0 Å². The number of benzene rings is 1. The van der Waals surface area contributed by atoms with Gasteiger partial charge < -0.3 is 4.90 Å². The smallest absolute Gasteiger partial charge is 0.254 e. The van der Waals surface area contributed by atoms with Crippen LogP contribution in [-0.4, -0.2) is 29.2 Å². The molecule has 1 fully saturated rings. The van der Waals surface area contributed by atoms with Gasteiger partial charge in [0.05, 0.1) is 0 Å². The molecule has 0 N–H and O–H groups in total. The Bertz CT molecular complexity index is 516. The molecule has 0 bridgehead atoms. The predicted octanol–water partition coefficient (Wildman–Crippen LogP) is 2.55. The zero-order chi connectivity index (χ0) is 14.0. The van der Waals surface area contributed by atoms with Crippen LogP contribution < -0.4 is 0 Å². The summed E-state index contributed by atoms with van der Waals surface area (Å²) in [7, 11) is 0. The molecule has 0 aliphatic carbocycles. The minimum Gasteiger partial charge on any atom is -0.335 e. The molecule has 102 valence electrons. The molecule has 19 heavy (non-hydrogen) atoms. The highest BCUT2D eigenvalue weighted by Crippen LogP contribution is 2.23. The number of halogens is 2. The fourth-order valence-electron chi connectivity index (χ4n) is 2.44. The molecule has 1 aliphatic heterocycles. The van der Waals surface area contributed by atoms with Crippen molar-refractivity contribution in [3.63, 3.8) is 0 Å². The van der Waals surface area contributed by atoms with Crippen molar-refractivity contribution in [3.05, 3.63) is 35.4 Å². The third-order valence-corrected chi connectivity index (χ3v) is 3.33. The molecule has 0 radical (unpaired) electrons. The number of rotatable bonds is 3. The van der Waals surface area contributed by atoms with Gasteiger partial charge in [0.15, 0.2) is 11.6 Å². The summed E-state index contributed by atoms with van der Waals surface area (Å²) in [5, 5.41) is 0. The minimum atomic E-state index is -1.03. The van der Waals surface area contributed by atoms with Crippen molar-refractivity contribution in [3.8, 4) is 0 Å². The average Bonchev–Trinajstić information content (AvgIpc) is 2.79. The molecular weight excluding hydrogens is 252 g/mol. The van der Waals surface area contributed by atoms with E-state index >= 15 is 0 Å². The van der Waals surface area contributed by atoms with Crippen molar-refractivity contribution in [2.75, 3.05) is 6.54 Å². The van der Waals surface area contributed by atoms with Gasteiger partial charge in [0.25, 0.3) is 5.91 Å². The largest absolute Gasteiger partial charge is 0.335 e. The van der Waals surface area contributed by atoms with Gasteiger partial charge in [-0.1, -0.05) is 0 Å². The Labute approximate surface area is 110 Å². The quantitative estimate of drug-likeness (QED) is 0.844. The van der Waals surface area contributed by atoms with Gasteiger partial charge in [-0.05, 0) is 38.0 Å². The summed E-state index contributed by atoms with van der Waals surface area (Å²) < 4.78 is 26.0. The molecule has 1 atom stereocenters. The molecular formula is C14H15F2NO2. The SMILES string of the molecule is CC(=O)CC1CCCN1C(=O)c1ccc(F)c(F)c1. The van der Waals surface area contributed by atoms with Crippen molar-refractivity contribution in [2.24, 2.45) is 0 Å². The Morgan fingerprint density at radius 2 is 2.05 bits per heavy atom. The number of hydrogen-bond acceptors (Lipinski definition) is 2. The van der Waals surface area contributed by atoms with E-state index in [0.717, 1.165) is 25.0 Å². The zero-order valence-electron chi connectivity index (χ0n) is 10.7. The molecule has 1 amide bonds. The third-order valence-electron chi connectivity index (χ3n) is 3.33. The summed E-state index contributed by atoms with van der Waals surface area (Å²) in [4.78, 5) is 25.0. The maximum Gasteiger partial charge on any atom is 0.254 e. The van der Waals surface area contributed by atoms with Crippen LogP contribution in [0.1, 0.15) is 36.5 Å². The lowest BCUT2D eigenvalue weighted by molar-refractivity contribution is -0.117. The topological polar surface area (TPSA) is 37.4 Å². The number of carbonyl (C=O) groups excluding carboxylic acids is 2. The summed E-state index contributed by atoms with van der Waals surface area (Å²) in [5.41, 5.74) is 0.120. The Morgan fingerprint density at radius 3 is 2.68 bits per heavy atom. The van der Waals surface area contributed by atoms with Gasteiger partial charge in [0, 0.05) is 24.6 Å². The first kappa shape index (κ1) is 13.6. The van der Waals surface area contributed by atoms with E-state index in [4.69, 9.17) is 0 Å². The van der Waals surface area contributed by atoms with Gasteiger partial charge in [0.2, 0.25) is 0 Å². The second-order valence-corrected chi connectivity index (χ2v) is 4.83. The zero-order valence-corrected chi connectivity index (χ0v) is 10.7. The average molecular weight is 267 g/mol. The lowest BCUT2D eigenvalue weighted by Gasteiger charge is -2.24. The van der Waals surface area contributed by atoms with Gasteiger partial charge >= 0.3 is 0 Å². The van der Waals surface area contributed by atoms with E-state index in [0.29, 0.717) is 13.0 Å². The van der Waals surface area contributed by atoms with Crippen LogP contribution in [0.3, 0.4) is 0 Å². The normalized spacial score (nSPS) is 18.7. The second kappa shape index (κ2) is 5.47. The molecule has 0 saturated carbocycles. The van der Waals surface area contributed by atoms with Gasteiger partial charge in [-0.3, -0.25) is 9.59 Å². The summed E-state index contributed by atoms with van der Waals surface area (Å²) in [5.74, 6) is -2.33. The first-order valence-electron chi connectivity index (χ1n) is 6.24. The van der Waals surface area contributed by atoms with Gasteiger partial charge in [0.1, 0.15) is 5.78 Å². The minimum absolute atomic E-state index is 0.0231. The summed E-state index contributed by atoms with van der Waals surface area (Å²) in [6, 6.07) is 2.99. The number of nitrogens with zero attached hydrogens (tertiary/aromatic N) is 1. The van der Waals surface area contributed by atoms with Crippen LogP contribution in [0.5, 0.6) is 0 Å². The summed E-state index contributed by atoms with van der Waals surface area (Å²) in [6.45, 7) is 2.04. The molecule has 1 unspecified atom stereocenters. The van der Waals surface area contributed by atoms with Crippen LogP contribution in [0.4, 0.5) is 8.78 Å². The van der Waals surface area contributed by atoms with Crippen LogP contribution in [0.25, 0.3) is 0 Å². The van der Waals surface area contributed by atoms with E-state index in [9.17, 15) is 18.4 Å². The Hall–Kier alpha value is -1.78. The monoisotopic (exact) mass is 267 g/mol. The van der Waals surface area contributed by atoms with E-state index in [2.05, 4.69) is 0 Å². The summed E-state index contributed by atoms with van der Waals surface area (Å²) in [6.07, 6.45) is 1.91. The highest BCUT2D eigenvalue weighted by atomic mass is 19.2. The second-order valence-electron chi connectivity index (χ2n) is 4.83. The number of Topliss-reactive ketones (excluding diaryl/α,β-unsaturated/α-hetero) is 1. The predicted molar refractivity (Wildman–Crippen MR) is 65.7 cm³/mol. The Morgan fingerprint density at radius 1 is 1.32 bits per heavy atom. The van der Waals surface area contributed by atoms with E-state index in [-0.39, 0.29) is 23.3 Å². The molecule has 1 heterocycles. The highest BCUT2D eigenvalue weighted by Gasteiger charge is 2.30. The van der Waals surface area contributed by atoms with E-state index in [1.54, 1.807) is 4.90 Å². The number of likely N-dealkylation sites (tertiary alicyclic amines) is 1. The fourth-order valence-corrected chi connectivity index (χ4v) is 2.44. The van der Waals surface area contributed by atoms with Gasteiger partial charge in [-0.15, -0.1) is 0 Å². The molecule has 0 spiro atoms. The molecule has 1 aliphatic rings. The first-order valence-corrected chi connectivity index (χ1v) is 6.24. The Balaban J connectivity index is 2.18. The molecule has 2 rings (SSSR count). The number of amides is 1. The van der Waals surface area contributed by atoms with Crippen molar-refractivity contribution in [1.29, 1.82) is 0 Å². The maximum absolute atomic E-state index is 13.1. The van der Waals surface area contributed by atoms with E-state index in [1.807, 2.05) is 0 Å². The van der Waals surface area contributed by atoms with Crippen molar-refractivity contribution >= 4 is 11.7 Å². The molecule has 1 saturated heterocycles. The molecule has 5 heteroatoms. The molecule has 1 aromatic rings. The Kier molecular flexibility index (Phi) is 3.93. The highest BCUT2D eigenvalue weighted by molar-refractivity contribution is 5.95. The van der Waals surface area contributed by atoms with Gasteiger partial charge in [-0.2, -0.15) is 0 Å². The van der Waals surface area contributed by atoms with Crippen LogP contribution in [0, 0.1) is 11.6 Å². The summed E-state index contributed by atoms with van der Waals surface area (Å²) >= 11 is 0. The molecule has 1 aromatic carbocycles. The lowest BCUT2D eigenvalue weighted by atomic mass is 10.1.